The summed E-state index contributed by atoms with van der Waals surface area (Å²) in [7, 11) is -5.92. The van der Waals surface area contributed by atoms with E-state index in [1.807, 2.05) is 0 Å². The molecule has 0 atom stereocenters. The minimum Gasteiger partial charge on any atom is -0.189 e. The van der Waals surface area contributed by atoms with Gasteiger partial charge in [-0.15, -0.1) is 3.89 Å². The van der Waals surface area contributed by atoms with E-state index in [9.17, 15) is 38.6 Å². The molecule has 102 valence electrons. The fourth-order valence-electron chi connectivity index (χ4n) is 1.13. The molecule has 0 aliphatic heterocycles. The van der Waals surface area contributed by atoms with Crippen LogP contribution in [0, 0.1) is 0 Å². The summed E-state index contributed by atoms with van der Waals surface area (Å²) in [6, 6.07) is -0.495. The van der Waals surface area contributed by atoms with E-state index >= 15 is 0 Å². The zero-order chi connectivity index (χ0) is 14.4. The van der Waals surface area contributed by atoms with Crippen LogP contribution < -0.4 is 0 Å². The molecule has 10 heteroatoms. The number of rotatable bonds is 1. The van der Waals surface area contributed by atoms with E-state index in [2.05, 4.69) is 0 Å². The lowest BCUT2D eigenvalue weighted by molar-refractivity contribution is -0.143. The Morgan fingerprint density at radius 3 is 1.72 bits per heavy atom. The van der Waals surface area contributed by atoms with E-state index in [-0.39, 0.29) is 12.1 Å². The second-order valence-corrected chi connectivity index (χ2v) is 4.46. The Morgan fingerprint density at radius 2 is 1.39 bits per heavy atom. The van der Waals surface area contributed by atoms with Crippen LogP contribution in [0.25, 0.3) is 0 Å². The predicted molar refractivity (Wildman–Crippen MR) is 44.7 cm³/mol. The van der Waals surface area contributed by atoms with Gasteiger partial charge in [-0.25, -0.2) is 0 Å². The number of hydrogen-bond donors (Lipinski definition) is 0. The summed E-state index contributed by atoms with van der Waals surface area (Å²) in [6.45, 7) is 0. The summed E-state index contributed by atoms with van der Waals surface area (Å²) in [5, 5.41) is 0. The van der Waals surface area contributed by atoms with Crippen molar-refractivity contribution >= 4 is 10.2 Å². The molecule has 1 aromatic rings. The molecule has 0 bridgehead atoms. The lowest BCUT2D eigenvalue weighted by atomic mass is 10.1. The molecule has 0 saturated heterocycles. The van der Waals surface area contributed by atoms with Gasteiger partial charge in [-0.05, 0) is 18.2 Å². The summed E-state index contributed by atoms with van der Waals surface area (Å²) < 4.78 is 107. The van der Waals surface area contributed by atoms with Gasteiger partial charge in [0.2, 0.25) is 0 Å². The predicted octanol–water partition coefficient (Wildman–Crippen LogP) is 3.38. The van der Waals surface area contributed by atoms with Crippen LogP contribution in [0.4, 0.5) is 30.2 Å². The molecule has 0 N–H and O–H groups in total. The van der Waals surface area contributed by atoms with E-state index in [1.54, 1.807) is 0 Å². The molecule has 0 saturated carbocycles. The third-order valence-electron chi connectivity index (χ3n) is 1.88. The van der Waals surface area contributed by atoms with Crippen molar-refractivity contribution in [3.05, 3.63) is 29.3 Å². The van der Waals surface area contributed by atoms with Crippen molar-refractivity contribution in [2.24, 2.45) is 0 Å². The van der Waals surface area contributed by atoms with Crippen LogP contribution in [0.1, 0.15) is 11.1 Å². The van der Waals surface area contributed by atoms with Gasteiger partial charge in [-0.1, -0.05) is 0 Å². The summed E-state index contributed by atoms with van der Waals surface area (Å²) >= 11 is 0. The van der Waals surface area contributed by atoms with Crippen LogP contribution in [0.15, 0.2) is 23.1 Å². The van der Waals surface area contributed by atoms with Crippen LogP contribution in [-0.4, -0.2) is 8.42 Å². The Kier molecular flexibility index (Phi) is 3.36. The summed E-state index contributed by atoms with van der Waals surface area (Å²) in [5.74, 6) is 0. The highest BCUT2D eigenvalue weighted by Crippen LogP contribution is 2.38. The zero-order valence-corrected chi connectivity index (χ0v) is 8.92. The Hall–Kier alpha value is -1.32. The normalized spacial score (nSPS) is 13.7. The molecule has 1 aromatic carbocycles. The average molecular weight is 296 g/mol. The van der Waals surface area contributed by atoms with Gasteiger partial charge in [-0.2, -0.15) is 34.8 Å². The molecule has 0 spiro atoms. The SMILES string of the molecule is O=S(=O)(F)c1cc(C(F)(F)F)ccc1C(F)(F)F. The topological polar surface area (TPSA) is 34.1 Å². The van der Waals surface area contributed by atoms with Gasteiger partial charge in [-0.3, -0.25) is 0 Å². The third-order valence-corrected chi connectivity index (χ3v) is 2.74. The van der Waals surface area contributed by atoms with E-state index in [1.165, 1.54) is 0 Å². The fraction of sp³-hybridized carbons (Fsp3) is 0.250. The highest BCUT2D eigenvalue weighted by atomic mass is 32.3. The lowest BCUT2D eigenvalue weighted by Crippen LogP contribution is -2.14. The molecule has 0 aliphatic rings. The molecule has 18 heavy (non-hydrogen) atoms. The van der Waals surface area contributed by atoms with Crippen molar-refractivity contribution in [3.8, 4) is 0 Å². The summed E-state index contributed by atoms with van der Waals surface area (Å²) in [4.78, 5) is -2.05. The number of hydrogen-bond acceptors (Lipinski definition) is 2. The van der Waals surface area contributed by atoms with Crippen LogP contribution >= 0.6 is 0 Å². The van der Waals surface area contributed by atoms with E-state index < -0.39 is 44.7 Å². The number of alkyl halides is 6. The van der Waals surface area contributed by atoms with Gasteiger partial charge in [0.05, 0.1) is 11.1 Å². The van der Waals surface area contributed by atoms with Gasteiger partial charge in [0.25, 0.3) is 0 Å². The molecule has 0 fully saturated rings. The summed E-state index contributed by atoms with van der Waals surface area (Å²) in [6.07, 6.45) is -10.4. The Labute approximate surface area is 96.2 Å². The quantitative estimate of drug-likeness (QED) is 0.588. The third kappa shape index (κ3) is 3.12. The van der Waals surface area contributed by atoms with Gasteiger partial charge >= 0.3 is 22.6 Å². The van der Waals surface area contributed by atoms with Crippen LogP contribution in [0.2, 0.25) is 0 Å². The van der Waals surface area contributed by atoms with Crippen molar-refractivity contribution < 1.29 is 38.6 Å². The Balaban J connectivity index is 3.61. The first-order valence-electron chi connectivity index (χ1n) is 4.06. The maximum atomic E-state index is 12.6. The first kappa shape index (κ1) is 14.7. The van der Waals surface area contributed by atoms with E-state index in [0.717, 1.165) is 0 Å². The molecule has 0 aromatic heterocycles. The van der Waals surface area contributed by atoms with Crippen LogP contribution in [0.3, 0.4) is 0 Å². The highest BCUT2D eigenvalue weighted by Gasteiger charge is 2.40. The van der Waals surface area contributed by atoms with Crippen molar-refractivity contribution in [2.75, 3.05) is 0 Å². The molecule has 0 aliphatic carbocycles. The van der Waals surface area contributed by atoms with Crippen molar-refractivity contribution in [1.82, 2.24) is 0 Å². The average Bonchev–Trinajstić information content (AvgIpc) is 2.12. The first-order chi connectivity index (χ1) is 7.83. The molecular weight excluding hydrogens is 293 g/mol. The Bertz CT molecular complexity index is 556. The Morgan fingerprint density at radius 1 is 0.889 bits per heavy atom. The standard InChI is InChI=1S/C8H3F7O2S/c9-7(10,11)4-1-2-5(8(12,13)14)6(3-4)18(15,16)17/h1-3H. The maximum Gasteiger partial charge on any atom is 0.417 e. The molecule has 2 nitrogen and oxygen atoms in total. The highest BCUT2D eigenvalue weighted by molar-refractivity contribution is 7.86. The zero-order valence-electron chi connectivity index (χ0n) is 8.10. The second-order valence-electron chi connectivity index (χ2n) is 3.14. The molecule has 0 radical (unpaired) electrons. The lowest BCUT2D eigenvalue weighted by Gasteiger charge is -2.13. The minimum atomic E-state index is -5.92. The number of benzene rings is 1. The van der Waals surface area contributed by atoms with Crippen LogP contribution in [-0.2, 0) is 22.6 Å². The smallest absolute Gasteiger partial charge is 0.189 e. The van der Waals surface area contributed by atoms with Crippen molar-refractivity contribution in [1.29, 1.82) is 0 Å². The van der Waals surface area contributed by atoms with Gasteiger partial charge < -0.3 is 0 Å². The molecule has 1 rings (SSSR count). The van der Waals surface area contributed by atoms with E-state index in [0.29, 0.717) is 0 Å². The second kappa shape index (κ2) is 4.11. The van der Waals surface area contributed by atoms with Gasteiger partial charge in [0.15, 0.2) is 0 Å². The molecule has 0 amide bonds. The van der Waals surface area contributed by atoms with Crippen molar-refractivity contribution in [3.63, 3.8) is 0 Å². The maximum absolute atomic E-state index is 12.6. The number of halogens is 7. The summed E-state index contributed by atoms with van der Waals surface area (Å²) in [5.41, 5.74) is -3.68. The van der Waals surface area contributed by atoms with Crippen molar-refractivity contribution in [2.45, 2.75) is 17.2 Å². The van der Waals surface area contributed by atoms with Gasteiger partial charge in [0.1, 0.15) is 4.90 Å². The fourth-order valence-corrected chi connectivity index (χ4v) is 1.85. The minimum absolute atomic E-state index is 0.0253. The van der Waals surface area contributed by atoms with Gasteiger partial charge in [0, 0.05) is 0 Å². The molecule has 0 unspecified atom stereocenters. The largest absolute Gasteiger partial charge is 0.417 e. The monoisotopic (exact) mass is 296 g/mol. The molecule has 0 heterocycles. The molecular formula is C8H3F7O2S. The van der Waals surface area contributed by atoms with E-state index in [4.69, 9.17) is 0 Å². The van der Waals surface area contributed by atoms with Crippen LogP contribution in [0.5, 0.6) is 0 Å². The first-order valence-corrected chi connectivity index (χ1v) is 5.45.